The molecule has 0 spiro atoms. The van der Waals surface area contributed by atoms with E-state index in [2.05, 4.69) is 6.92 Å². The summed E-state index contributed by atoms with van der Waals surface area (Å²) in [5.41, 5.74) is 16.2. The van der Waals surface area contributed by atoms with Crippen molar-refractivity contribution in [3.8, 4) is 0 Å². The predicted octanol–water partition coefficient (Wildman–Crippen LogP) is 0.612. The van der Waals surface area contributed by atoms with Crippen molar-refractivity contribution in [3.05, 3.63) is 11.6 Å². The number of carbonyl (C=O) groups excluding carboxylic acids is 1. The first-order chi connectivity index (χ1) is 6.59. The van der Waals surface area contributed by atoms with Gasteiger partial charge in [-0.3, -0.25) is 4.79 Å². The van der Waals surface area contributed by atoms with Gasteiger partial charge in [-0.25, -0.2) is 0 Å². The van der Waals surface area contributed by atoms with Crippen LogP contribution in [0.2, 0.25) is 0 Å². The van der Waals surface area contributed by atoms with Gasteiger partial charge in [-0.1, -0.05) is 32.3 Å². The molecule has 0 aliphatic carbocycles. The maximum absolute atomic E-state index is 10.9. The smallest absolute Gasteiger partial charge is 0.247 e. The number of allylic oxidation sites excluding steroid dienone is 1. The Labute approximate surface area is 85.5 Å². The van der Waals surface area contributed by atoms with Crippen molar-refractivity contribution in [3.63, 3.8) is 0 Å². The maximum Gasteiger partial charge on any atom is 0.247 e. The molecule has 1 amide bonds. The summed E-state index contributed by atoms with van der Waals surface area (Å²) in [7, 11) is 0. The second kappa shape index (κ2) is 7.53. The van der Waals surface area contributed by atoms with E-state index < -0.39 is 12.1 Å². The van der Waals surface area contributed by atoms with Crippen LogP contribution in [0.25, 0.3) is 0 Å². The van der Waals surface area contributed by atoms with Gasteiger partial charge in [0.15, 0.2) is 0 Å². The minimum Gasteiger partial charge on any atom is -0.366 e. The fourth-order valence-electron chi connectivity index (χ4n) is 1.23. The third-order valence-corrected chi connectivity index (χ3v) is 2.07. The largest absolute Gasteiger partial charge is 0.366 e. The molecule has 0 unspecified atom stereocenters. The quantitative estimate of drug-likeness (QED) is 0.318. The standard InChI is InChI=1S/C10H21N3O/c1-2-3-4-5-6-7-8(9(11)12)10(13)14/h7,9H,2-6,11-12H2,1H3,(H2,13,14). The summed E-state index contributed by atoms with van der Waals surface area (Å²) in [5.74, 6) is -0.518. The highest BCUT2D eigenvalue weighted by atomic mass is 16.1. The van der Waals surface area contributed by atoms with Crippen LogP contribution in [0.4, 0.5) is 0 Å². The first kappa shape index (κ1) is 13.1. The highest BCUT2D eigenvalue weighted by Crippen LogP contribution is 2.05. The molecule has 0 rings (SSSR count). The van der Waals surface area contributed by atoms with Crippen LogP contribution in [-0.4, -0.2) is 12.1 Å². The van der Waals surface area contributed by atoms with Crippen LogP contribution in [0.1, 0.15) is 39.0 Å². The van der Waals surface area contributed by atoms with E-state index in [0.29, 0.717) is 5.57 Å². The molecule has 0 aliphatic rings. The van der Waals surface area contributed by atoms with Crippen molar-refractivity contribution in [1.29, 1.82) is 0 Å². The van der Waals surface area contributed by atoms with Gasteiger partial charge in [-0.2, -0.15) is 0 Å². The van der Waals surface area contributed by atoms with E-state index in [9.17, 15) is 4.79 Å². The lowest BCUT2D eigenvalue weighted by molar-refractivity contribution is -0.114. The van der Waals surface area contributed by atoms with Gasteiger partial charge in [-0.05, 0) is 12.8 Å². The van der Waals surface area contributed by atoms with Crippen LogP contribution >= 0.6 is 0 Å². The first-order valence-electron chi connectivity index (χ1n) is 5.10. The van der Waals surface area contributed by atoms with E-state index in [1.54, 1.807) is 6.08 Å². The molecule has 82 valence electrons. The number of amides is 1. The van der Waals surface area contributed by atoms with Crippen LogP contribution in [0, 0.1) is 0 Å². The summed E-state index contributed by atoms with van der Waals surface area (Å²) in [6.45, 7) is 2.15. The van der Waals surface area contributed by atoms with E-state index >= 15 is 0 Å². The minimum atomic E-state index is -0.751. The Hall–Kier alpha value is -0.870. The topological polar surface area (TPSA) is 95.1 Å². The van der Waals surface area contributed by atoms with Gasteiger partial charge in [0.25, 0.3) is 0 Å². The van der Waals surface area contributed by atoms with Crippen molar-refractivity contribution in [2.75, 3.05) is 0 Å². The van der Waals surface area contributed by atoms with Gasteiger partial charge in [0.2, 0.25) is 5.91 Å². The Kier molecular flexibility index (Phi) is 7.06. The third kappa shape index (κ3) is 5.72. The van der Waals surface area contributed by atoms with Crippen LogP contribution < -0.4 is 17.2 Å². The molecular weight excluding hydrogens is 178 g/mol. The summed E-state index contributed by atoms with van der Waals surface area (Å²) in [6, 6.07) is 0. The fourth-order valence-corrected chi connectivity index (χ4v) is 1.23. The number of nitrogens with two attached hydrogens (primary N) is 3. The molecule has 0 saturated carbocycles. The predicted molar refractivity (Wildman–Crippen MR) is 58.2 cm³/mol. The molecule has 0 aromatic rings. The lowest BCUT2D eigenvalue weighted by atomic mass is 10.1. The Bertz CT molecular complexity index is 200. The Morgan fingerprint density at radius 3 is 2.36 bits per heavy atom. The molecule has 0 radical (unpaired) electrons. The molecule has 14 heavy (non-hydrogen) atoms. The Balaban J connectivity index is 3.86. The molecule has 0 fully saturated rings. The van der Waals surface area contributed by atoms with E-state index in [0.717, 1.165) is 12.8 Å². The van der Waals surface area contributed by atoms with Crippen molar-refractivity contribution in [1.82, 2.24) is 0 Å². The average Bonchev–Trinajstić information content (AvgIpc) is 2.09. The molecule has 0 aromatic carbocycles. The molecule has 0 aliphatic heterocycles. The van der Waals surface area contributed by atoms with Crippen molar-refractivity contribution in [2.45, 2.75) is 45.2 Å². The molecule has 4 heteroatoms. The Morgan fingerprint density at radius 2 is 1.93 bits per heavy atom. The Morgan fingerprint density at radius 1 is 1.29 bits per heavy atom. The molecule has 0 heterocycles. The second-order valence-electron chi connectivity index (χ2n) is 3.40. The van der Waals surface area contributed by atoms with Gasteiger partial charge in [0, 0.05) is 5.57 Å². The highest BCUT2D eigenvalue weighted by molar-refractivity contribution is 5.92. The molecule has 0 aromatic heterocycles. The lowest BCUT2D eigenvalue weighted by Gasteiger charge is -2.06. The van der Waals surface area contributed by atoms with E-state index in [1.807, 2.05) is 0 Å². The zero-order valence-electron chi connectivity index (χ0n) is 8.83. The monoisotopic (exact) mass is 199 g/mol. The number of hydrogen-bond donors (Lipinski definition) is 3. The summed E-state index contributed by atoms with van der Waals surface area (Å²) < 4.78 is 0. The van der Waals surface area contributed by atoms with E-state index in [-0.39, 0.29) is 0 Å². The fraction of sp³-hybridized carbons (Fsp3) is 0.700. The number of hydrogen-bond acceptors (Lipinski definition) is 3. The van der Waals surface area contributed by atoms with Crippen LogP contribution in [-0.2, 0) is 4.79 Å². The van der Waals surface area contributed by atoms with Crippen molar-refractivity contribution >= 4 is 5.91 Å². The van der Waals surface area contributed by atoms with Crippen LogP contribution in [0.15, 0.2) is 11.6 Å². The molecule has 6 N–H and O–H groups in total. The number of primary amides is 1. The SMILES string of the molecule is CCCCCCC=C(C(N)=O)C(N)N. The normalized spacial score (nSPS) is 12.1. The van der Waals surface area contributed by atoms with Gasteiger partial charge in [-0.15, -0.1) is 0 Å². The lowest BCUT2D eigenvalue weighted by Crippen LogP contribution is -2.38. The summed E-state index contributed by atoms with van der Waals surface area (Å²) in [6.07, 6.45) is 6.46. The van der Waals surface area contributed by atoms with Crippen LogP contribution in [0.5, 0.6) is 0 Å². The van der Waals surface area contributed by atoms with Gasteiger partial charge in [0.05, 0.1) is 6.17 Å². The third-order valence-electron chi connectivity index (χ3n) is 2.07. The van der Waals surface area contributed by atoms with Crippen molar-refractivity contribution < 1.29 is 4.79 Å². The number of rotatable bonds is 7. The maximum atomic E-state index is 10.9. The average molecular weight is 199 g/mol. The molecule has 0 bridgehead atoms. The van der Waals surface area contributed by atoms with Crippen molar-refractivity contribution in [2.24, 2.45) is 17.2 Å². The summed E-state index contributed by atoms with van der Waals surface area (Å²) in [4.78, 5) is 10.9. The zero-order valence-corrected chi connectivity index (χ0v) is 8.83. The summed E-state index contributed by atoms with van der Waals surface area (Å²) >= 11 is 0. The number of carbonyl (C=O) groups is 1. The van der Waals surface area contributed by atoms with Gasteiger partial charge < -0.3 is 17.2 Å². The zero-order chi connectivity index (χ0) is 11.0. The van der Waals surface area contributed by atoms with E-state index in [1.165, 1.54) is 19.3 Å². The highest BCUT2D eigenvalue weighted by Gasteiger charge is 2.08. The van der Waals surface area contributed by atoms with Crippen LogP contribution in [0.3, 0.4) is 0 Å². The summed E-state index contributed by atoms with van der Waals surface area (Å²) in [5, 5.41) is 0. The first-order valence-corrected chi connectivity index (χ1v) is 5.10. The van der Waals surface area contributed by atoms with E-state index in [4.69, 9.17) is 17.2 Å². The molecule has 0 atom stereocenters. The molecule has 4 nitrogen and oxygen atoms in total. The molecule has 0 saturated heterocycles. The number of unbranched alkanes of at least 4 members (excludes halogenated alkanes) is 4. The minimum absolute atomic E-state index is 0.335. The molecular formula is C10H21N3O. The van der Waals surface area contributed by atoms with Gasteiger partial charge in [0.1, 0.15) is 0 Å². The second-order valence-corrected chi connectivity index (χ2v) is 3.40. The van der Waals surface area contributed by atoms with Gasteiger partial charge >= 0.3 is 0 Å².